The second-order valence-corrected chi connectivity index (χ2v) is 2.67. The largest absolute Gasteiger partial charge is 0.328 e. The Hall–Kier alpha value is -1.62. The maximum absolute atomic E-state index is 10.6. The molecule has 0 aliphatic heterocycles. The first-order valence-electron chi connectivity index (χ1n) is 3.54. The third-order valence-electron chi connectivity index (χ3n) is 1.36. The van der Waals surface area contributed by atoms with Crippen LogP contribution in [0.25, 0.3) is 0 Å². The van der Waals surface area contributed by atoms with Gasteiger partial charge in [-0.2, -0.15) is 0 Å². The predicted octanol–water partition coefficient (Wildman–Crippen LogP) is 2.03. The van der Waals surface area contributed by atoms with Crippen molar-refractivity contribution in [3.05, 3.63) is 45.5 Å². The lowest BCUT2D eigenvalue weighted by atomic mass is 10.1. The van der Waals surface area contributed by atoms with Crippen molar-refractivity contribution in [3.8, 4) is 0 Å². The van der Waals surface area contributed by atoms with Crippen LogP contribution in [-0.4, -0.2) is 15.5 Å². The van der Waals surface area contributed by atoms with Crippen molar-refractivity contribution in [3.63, 3.8) is 0 Å². The van der Waals surface area contributed by atoms with Crippen LogP contribution in [0.5, 0.6) is 0 Å². The van der Waals surface area contributed by atoms with Crippen molar-refractivity contribution in [2.45, 2.75) is 6.92 Å². The second kappa shape index (κ2) is 5.93. The Balaban J connectivity index is 0.000000364. The van der Waals surface area contributed by atoms with Crippen LogP contribution in [0.3, 0.4) is 0 Å². The van der Waals surface area contributed by atoms with Gasteiger partial charge in [0.25, 0.3) is 10.3 Å². The SMILES string of the molecule is Cc1ccccc1C(=O)Cl.O=[N+]([O-])O. The number of nitrogens with zero attached hydrogens (tertiary/aromatic N) is 1. The van der Waals surface area contributed by atoms with Crippen molar-refractivity contribution in [1.29, 1.82) is 0 Å². The Morgan fingerprint density at radius 2 is 1.93 bits per heavy atom. The van der Waals surface area contributed by atoms with Crippen molar-refractivity contribution in [2.75, 3.05) is 0 Å². The van der Waals surface area contributed by atoms with E-state index in [1.165, 1.54) is 0 Å². The lowest BCUT2D eigenvalue weighted by molar-refractivity contribution is -0.742. The van der Waals surface area contributed by atoms with Gasteiger partial charge in [-0.1, -0.05) is 18.2 Å². The molecule has 5 nitrogen and oxygen atoms in total. The summed E-state index contributed by atoms with van der Waals surface area (Å²) in [5.74, 6) is 0. The Morgan fingerprint density at radius 3 is 2.21 bits per heavy atom. The average molecular weight is 218 g/mol. The first-order valence-corrected chi connectivity index (χ1v) is 3.91. The molecule has 1 rings (SSSR count). The molecule has 1 N–H and O–H groups in total. The van der Waals surface area contributed by atoms with Crippen molar-refractivity contribution < 1.29 is 15.1 Å². The number of aryl methyl sites for hydroxylation is 1. The summed E-state index contributed by atoms with van der Waals surface area (Å²) in [7, 11) is 0. The number of carbonyl (C=O) groups excluding carboxylic acids is 1. The minimum Gasteiger partial charge on any atom is -0.328 e. The highest BCUT2D eigenvalue weighted by atomic mass is 35.5. The van der Waals surface area contributed by atoms with Crippen molar-refractivity contribution in [1.82, 2.24) is 0 Å². The summed E-state index contributed by atoms with van der Waals surface area (Å²) in [4.78, 5) is 19.0. The van der Waals surface area contributed by atoms with Crippen molar-refractivity contribution >= 4 is 16.8 Å². The van der Waals surface area contributed by atoms with E-state index in [4.69, 9.17) is 26.9 Å². The van der Waals surface area contributed by atoms with Crippen LogP contribution in [0.2, 0.25) is 0 Å². The van der Waals surface area contributed by atoms with Gasteiger partial charge in [-0.15, -0.1) is 10.1 Å². The first kappa shape index (κ1) is 12.4. The van der Waals surface area contributed by atoms with E-state index in [1.54, 1.807) is 12.1 Å². The van der Waals surface area contributed by atoms with Crippen LogP contribution in [0.4, 0.5) is 0 Å². The van der Waals surface area contributed by atoms with Gasteiger partial charge in [0.2, 0.25) is 0 Å². The van der Waals surface area contributed by atoms with Crippen LogP contribution in [-0.2, 0) is 0 Å². The zero-order valence-electron chi connectivity index (χ0n) is 7.31. The van der Waals surface area contributed by atoms with E-state index < -0.39 is 10.3 Å². The molecule has 14 heavy (non-hydrogen) atoms. The second-order valence-electron chi connectivity index (χ2n) is 2.33. The monoisotopic (exact) mass is 217 g/mol. The molecule has 0 aliphatic carbocycles. The van der Waals surface area contributed by atoms with Crippen LogP contribution < -0.4 is 0 Å². The maximum Gasteiger partial charge on any atom is 0.291 e. The van der Waals surface area contributed by atoms with Gasteiger partial charge in [0.05, 0.1) is 0 Å². The molecule has 0 unspecified atom stereocenters. The molecule has 6 heteroatoms. The fourth-order valence-electron chi connectivity index (χ4n) is 0.793. The van der Waals surface area contributed by atoms with Gasteiger partial charge < -0.3 is 5.21 Å². The topological polar surface area (TPSA) is 80.4 Å². The number of halogens is 1. The molecule has 0 saturated carbocycles. The third-order valence-corrected chi connectivity index (χ3v) is 1.56. The molecule has 0 radical (unpaired) electrons. The molecular weight excluding hydrogens is 210 g/mol. The molecule has 0 aromatic heterocycles. The fourth-order valence-corrected chi connectivity index (χ4v) is 1.01. The van der Waals surface area contributed by atoms with Crippen LogP contribution in [0, 0.1) is 17.0 Å². The summed E-state index contributed by atoms with van der Waals surface area (Å²) in [5, 5.41) is 13.2. The summed E-state index contributed by atoms with van der Waals surface area (Å²) in [6.45, 7) is 1.86. The minimum atomic E-state index is -1.50. The van der Waals surface area contributed by atoms with E-state index in [0.717, 1.165) is 5.56 Å². The van der Waals surface area contributed by atoms with Gasteiger partial charge in [0, 0.05) is 5.56 Å². The van der Waals surface area contributed by atoms with Crippen LogP contribution in [0.1, 0.15) is 15.9 Å². The summed E-state index contributed by atoms with van der Waals surface area (Å²) >= 11 is 5.27. The van der Waals surface area contributed by atoms with E-state index in [-0.39, 0.29) is 0 Å². The summed E-state index contributed by atoms with van der Waals surface area (Å²) in [6.07, 6.45) is 0. The molecule has 0 heterocycles. The predicted molar refractivity (Wildman–Crippen MR) is 50.1 cm³/mol. The van der Waals surface area contributed by atoms with E-state index in [9.17, 15) is 4.79 Å². The van der Waals surface area contributed by atoms with Crippen molar-refractivity contribution in [2.24, 2.45) is 0 Å². The molecule has 0 bridgehead atoms. The third kappa shape index (κ3) is 5.10. The number of benzene rings is 1. The molecule has 76 valence electrons. The zero-order valence-corrected chi connectivity index (χ0v) is 8.06. The number of hydrogen-bond donors (Lipinski definition) is 1. The van der Waals surface area contributed by atoms with Crippen LogP contribution in [0.15, 0.2) is 24.3 Å². The molecule has 1 aromatic carbocycles. The molecule has 0 spiro atoms. The molecule has 0 amide bonds. The van der Waals surface area contributed by atoms with Gasteiger partial charge in [-0.3, -0.25) is 4.79 Å². The quantitative estimate of drug-likeness (QED) is 0.443. The first-order chi connectivity index (χ1) is 6.45. The molecule has 0 aliphatic rings. The Morgan fingerprint density at radius 1 is 1.50 bits per heavy atom. The normalized spacial score (nSPS) is 8.43. The minimum absolute atomic E-state index is 0.391. The maximum atomic E-state index is 10.6. The molecular formula is C8H8ClNO4. The van der Waals surface area contributed by atoms with Gasteiger partial charge in [-0.25, -0.2) is 0 Å². The van der Waals surface area contributed by atoms with Crippen LogP contribution >= 0.6 is 11.6 Å². The Kier molecular flexibility index (Phi) is 5.24. The summed E-state index contributed by atoms with van der Waals surface area (Å²) in [6, 6.07) is 7.24. The Bertz CT molecular complexity index is 336. The molecule has 0 saturated heterocycles. The van der Waals surface area contributed by atoms with Gasteiger partial charge in [0.15, 0.2) is 0 Å². The molecule has 0 fully saturated rings. The van der Waals surface area contributed by atoms with E-state index in [0.29, 0.717) is 5.56 Å². The lowest BCUT2D eigenvalue weighted by Crippen LogP contribution is -1.90. The molecule has 1 aromatic rings. The zero-order chi connectivity index (χ0) is 11.1. The lowest BCUT2D eigenvalue weighted by Gasteiger charge is -1.96. The number of carbonyl (C=O) groups is 1. The fraction of sp³-hybridized carbons (Fsp3) is 0.125. The highest BCUT2D eigenvalue weighted by molar-refractivity contribution is 6.67. The Labute approximate surface area is 85.0 Å². The summed E-state index contributed by atoms with van der Waals surface area (Å²) in [5.41, 5.74) is 1.51. The number of hydrogen-bond acceptors (Lipinski definition) is 3. The average Bonchev–Trinajstić information content (AvgIpc) is 2.03. The highest BCUT2D eigenvalue weighted by Crippen LogP contribution is 2.08. The molecule has 0 atom stereocenters. The smallest absolute Gasteiger partial charge is 0.291 e. The summed E-state index contributed by atoms with van der Waals surface area (Å²) < 4.78 is 0. The number of rotatable bonds is 1. The van der Waals surface area contributed by atoms with Gasteiger partial charge in [0.1, 0.15) is 0 Å². The van der Waals surface area contributed by atoms with E-state index in [1.807, 2.05) is 19.1 Å². The van der Waals surface area contributed by atoms with Gasteiger partial charge in [-0.05, 0) is 30.2 Å². The standard InChI is InChI=1S/C8H7ClO.HNO3/c1-6-4-2-3-5-7(6)8(9)10;2-1(3)4/h2-5H,1H3;(H,2,3,4). The van der Waals surface area contributed by atoms with E-state index >= 15 is 0 Å². The van der Waals surface area contributed by atoms with E-state index in [2.05, 4.69) is 0 Å². The highest BCUT2D eigenvalue weighted by Gasteiger charge is 2.02. The van der Waals surface area contributed by atoms with Gasteiger partial charge >= 0.3 is 0 Å².